The van der Waals surface area contributed by atoms with Gasteiger partial charge in [0, 0.05) is 5.56 Å². The number of ether oxygens (including phenoxy) is 3. The largest absolute Gasteiger partial charge is 0.493 e. The Balaban J connectivity index is 2.14. The Kier molecular flexibility index (Phi) is 6.67. The van der Waals surface area contributed by atoms with Gasteiger partial charge in [0.15, 0.2) is 17.3 Å². The highest BCUT2D eigenvalue weighted by Gasteiger charge is 2.24. The summed E-state index contributed by atoms with van der Waals surface area (Å²) in [5.74, 6) is -0.156. The van der Waals surface area contributed by atoms with E-state index in [2.05, 4.69) is 15.4 Å². The number of hydrogen-bond donors (Lipinski definition) is 3. The predicted molar refractivity (Wildman–Crippen MR) is 109 cm³/mol. The van der Waals surface area contributed by atoms with Crippen molar-refractivity contribution in [3.05, 3.63) is 48.3 Å². The average Bonchev–Trinajstić information content (AvgIpc) is 3.27. The van der Waals surface area contributed by atoms with Crippen LogP contribution in [0.4, 0.5) is 0 Å². The van der Waals surface area contributed by atoms with Gasteiger partial charge in [-0.25, -0.2) is 15.1 Å². The van der Waals surface area contributed by atoms with E-state index < -0.39 is 18.4 Å². The van der Waals surface area contributed by atoms with Crippen LogP contribution in [0, 0.1) is 0 Å². The molecule has 0 radical (unpaired) electrons. The third-order valence-corrected chi connectivity index (χ3v) is 4.29. The van der Waals surface area contributed by atoms with E-state index in [-0.39, 0.29) is 5.82 Å². The Morgan fingerprint density at radius 1 is 1.00 bits per heavy atom. The van der Waals surface area contributed by atoms with Gasteiger partial charge in [-0.3, -0.25) is 14.8 Å². The van der Waals surface area contributed by atoms with Crippen molar-refractivity contribution in [2.45, 2.75) is 0 Å². The number of methoxy groups -OCH3 is 3. The molecule has 31 heavy (non-hydrogen) atoms. The molecule has 11 heteroatoms. The minimum atomic E-state index is -0.780. The number of carbonyl (C=O) groups excluding carboxylic acids is 2. The van der Waals surface area contributed by atoms with Gasteiger partial charge in [-0.2, -0.15) is 0 Å². The predicted octanol–water partition coefficient (Wildman–Crippen LogP) is 1.20. The van der Waals surface area contributed by atoms with E-state index in [0.29, 0.717) is 34.3 Å². The number of hydrogen-bond acceptors (Lipinski definition) is 8. The zero-order valence-corrected chi connectivity index (χ0v) is 17.1. The summed E-state index contributed by atoms with van der Waals surface area (Å²) in [5.41, 5.74) is 2.59. The Morgan fingerprint density at radius 2 is 1.71 bits per heavy atom. The van der Waals surface area contributed by atoms with Crippen molar-refractivity contribution in [2.75, 3.05) is 27.9 Å². The Labute approximate surface area is 177 Å². The van der Waals surface area contributed by atoms with Gasteiger partial charge < -0.3 is 19.5 Å². The van der Waals surface area contributed by atoms with E-state index in [1.807, 2.05) is 30.3 Å². The van der Waals surface area contributed by atoms with E-state index in [1.54, 1.807) is 12.1 Å². The topological polar surface area (TPSA) is 137 Å². The SMILES string of the molecule is COc1ccc(-n2nc(C(=O)NCC(=O)NO)nc2-c2ccccc2)c(OC)c1OC. The summed E-state index contributed by atoms with van der Waals surface area (Å²) in [4.78, 5) is 28.0. The Bertz CT molecular complexity index is 1080. The first-order valence-electron chi connectivity index (χ1n) is 9.07. The van der Waals surface area contributed by atoms with Crippen LogP contribution < -0.4 is 25.0 Å². The van der Waals surface area contributed by atoms with Crippen LogP contribution in [-0.2, 0) is 4.79 Å². The molecule has 0 spiro atoms. The van der Waals surface area contributed by atoms with Crippen LogP contribution in [0.1, 0.15) is 10.6 Å². The number of amides is 2. The van der Waals surface area contributed by atoms with Crippen LogP contribution in [0.3, 0.4) is 0 Å². The highest BCUT2D eigenvalue weighted by molar-refractivity contribution is 5.93. The number of nitrogens with zero attached hydrogens (tertiary/aromatic N) is 3. The molecule has 162 valence electrons. The number of rotatable bonds is 8. The van der Waals surface area contributed by atoms with Gasteiger partial charge in [-0.05, 0) is 12.1 Å². The maximum Gasteiger partial charge on any atom is 0.291 e. The lowest BCUT2D eigenvalue weighted by molar-refractivity contribution is -0.128. The van der Waals surface area contributed by atoms with Crippen molar-refractivity contribution in [1.29, 1.82) is 0 Å². The molecule has 0 aliphatic heterocycles. The van der Waals surface area contributed by atoms with Crippen molar-refractivity contribution < 1.29 is 29.0 Å². The molecule has 3 N–H and O–H groups in total. The quantitative estimate of drug-likeness (QED) is 0.360. The first kappa shape index (κ1) is 21.6. The molecule has 0 atom stereocenters. The summed E-state index contributed by atoms with van der Waals surface area (Å²) in [7, 11) is 4.46. The van der Waals surface area contributed by atoms with Crippen molar-refractivity contribution in [2.24, 2.45) is 0 Å². The lowest BCUT2D eigenvalue weighted by Gasteiger charge is -2.16. The van der Waals surface area contributed by atoms with Crippen molar-refractivity contribution in [1.82, 2.24) is 25.6 Å². The van der Waals surface area contributed by atoms with E-state index in [9.17, 15) is 9.59 Å². The molecule has 0 aliphatic rings. The van der Waals surface area contributed by atoms with Crippen LogP contribution in [0.2, 0.25) is 0 Å². The maximum absolute atomic E-state index is 12.5. The van der Waals surface area contributed by atoms with Crippen LogP contribution in [-0.4, -0.2) is 59.7 Å². The van der Waals surface area contributed by atoms with Crippen LogP contribution >= 0.6 is 0 Å². The molecule has 3 rings (SSSR count). The van der Waals surface area contributed by atoms with Crippen LogP contribution in [0.25, 0.3) is 17.1 Å². The minimum Gasteiger partial charge on any atom is -0.493 e. The normalized spacial score (nSPS) is 10.3. The summed E-state index contributed by atoms with van der Waals surface area (Å²) < 4.78 is 17.7. The Hall–Kier alpha value is -4.12. The van der Waals surface area contributed by atoms with Gasteiger partial charge in [0.05, 0.1) is 27.9 Å². The van der Waals surface area contributed by atoms with Gasteiger partial charge >= 0.3 is 0 Å². The van der Waals surface area contributed by atoms with Crippen LogP contribution in [0.15, 0.2) is 42.5 Å². The third kappa shape index (κ3) is 4.41. The number of carbonyl (C=O) groups is 2. The third-order valence-electron chi connectivity index (χ3n) is 4.29. The molecule has 0 unspecified atom stereocenters. The molecule has 0 aliphatic carbocycles. The highest BCUT2D eigenvalue weighted by Crippen LogP contribution is 2.42. The highest BCUT2D eigenvalue weighted by atomic mass is 16.5. The fourth-order valence-electron chi connectivity index (χ4n) is 2.88. The fourth-order valence-corrected chi connectivity index (χ4v) is 2.88. The molecular weight excluding hydrogens is 406 g/mol. The van der Waals surface area contributed by atoms with Gasteiger partial charge in [0.25, 0.3) is 11.8 Å². The number of nitrogens with one attached hydrogen (secondary N) is 2. The van der Waals surface area contributed by atoms with E-state index >= 15 is 0 Å². The molecule has 2 aromatic carbocycles. The number of aromatic nitrogens is 3. The van der Waals surface area contributed by atoms with E-state index in [4.69, 9.17) is 19.4 Å². The summed E-state index contributed by atoms with van der Waals surface area (Å²) in [6.07, 6.45) is 0. The second-order valence-electron chi connectivity index (χ2n) is 6.11. The Morgan fingerprint density at radius 3 is 2.32 bits per heavy atom. The number of hydroxylamine groups is 1. The summed E-state index contributed by atoms with van der Waals surface area (Å²) >= 11 is 0. The lowest BCUT2D eigenvalue weighted by Crippen LogP contribution is -2.35. The lowest BCUT2D eigenvalue weighted by atomic mass is 10.2. The van der Waals surface area contributed by atoms with Gasteiger partial charge in [0.2, 0.25) is 11.6 Å². The molecule has 1 heterocycles. The van der Waals surface area contributed by atoms with Gasteiger partial charge in [-0.1, -0.05) is 30.3 Å². The van der Waals surface area contributed by atoms with E-state index in [1.165, 1.54) is 31.5 Å². The van der Waals surface area contributed by atoms with Gasteiger partial charge in [-0.15, -0.1) is 5.10 Å². The van der Waals surface area contributed by atoms with Crippen molar-refractivity contribution in [3.63, 3.8) is 0 Å². The van der Waals surface area contributed by atoms with E-state index in [0.717, 1.165) is 0 Å². The molecule has 1 aromatic heterocycles. The molecular formula is C20H21N5O6. The van der Waals surface area contributed by atoms with Crippen molar-refractivity contribution in [3.8, 4) is 34.3 Å². The minimum absolute atomic E-state index is 0.179. The molecule has 0 bridgehead atoms. The molecule has 0 saturated heterocycles. The smallest absolute Gasteiger partial charge is 0.291 e. The summed E-state index contributed by atoms with van der Waals surface area (Å²) in [5, 5.41) is 15.3. The van der Waals surface area contributed by atoms with Gasteiger partial charge in [0.1, 0.15) is 5.69 Å². The zero-order chi connectivity index (χ0) is 22.4. The monoisotopic (exact) mass is 427 g/mol. The number of benzene rings is 2. The molecule has 0 fully saturated rings. The molecule has 11 nitrogen and oxygen atoms in total. The molecule has 3 aromatic rings. The zero-order valence-electron chi connectivity index (χ0n) is 17.1. The molecule has 0 saturated carbocycles. The van der Waals surface area contributed by atoms with Crippen molar-refractivity contribution >= 4 is 11.8 Å². The summed E-state index contributed by atoms with van der Waals surface area (Å²) in [6.45, 7) is -0.440. The first-order valence-corrected chi connectivity index (χ1v) is 9.07. The molecule has 2 amide bonds. The van der Waals surface area contributed by atoms with Crippen LogP contribution in [0.5, 0.6) is 17.2 Å². The average molecular weight is 427 g/mol. The fraction of sp³-hybridized carbons (Fsp3) is 0.200. The standard InChI is InChI=1S/C20H21N5O6/c1-29-14-10-9-13(16(30-2)17(14)31-3)25-19(12-7-5-4-6-8-12)22-18(23-25)20(27)21-11-15(26)24-28/h4-10,28H,11H2,1-3H3,(H,21,27)(H,24,26). The second-order valence-corrected chi connectivity index (χ2v) is 6.11. The maximum atomic E-state index is 12.5. The second kappa shape index (κ2) is 9.59. The first-order chi connectivity index (χ1) is 15.0. The summed E-state index contributed by atoms with van der Waals surface area (Å²) in [6, 6.07) is 12.5.